The molecule has 178 valence electrons. The molecule has 0 spiro atoms. The molecule has 0 aliphatic carbocycles. The number of rotatable bonds is 8. The fourth-order valence-corrected chi connectivity index (χ4v) is 4.28. The molecule has 1 unspecified atom stereocenters. The molecule has 1 atom stereocenters. The molecule has 1 aliphatic heterocycles. The normalized spacial score (nSPS) is 14.5. The maximum atomic E-state index is 12.8. The van der Waals surface area contributed by atoms with Crippen molar-refractivity contribution in [2.75, 3.05) is 32.0 Å². The third-order valence-corrected chi connectivity index (χ3v) is 5.66. The van der Waals surface area contributed by atoms with E-state index < -0.39 is 6.04 Å². The first-order valence-electron chi connectivity index (χ1n) is 10.9. The van der Waals surface area contributed by atoms with E-state index in [9.17, 15) is 9.59 Å². The highest BCUT2D eigenvalue weighted by Gasteiger charge is 2.37. The number of anilines is 2. The Bertz CT molecular complexity index is 1230. The van der Waals surface area contributed by atoms with Gasteiger partial charge in [-0.25, -0.2) is 4.68 Å². The molecule has 0 fully saturated rings. The zero-order chi connectivity index (χ0) is 24.4. The zero-order valence-electron chi connectivity index (χ0n) is 19.9. The minimum Gasteiger partial charge on any atom is -0.493 e. The monoisotopic (exact) mass is 464 g/mol. The van der Waals surface area contributed by atoms with E-state index in [2.05, 4.69) is 15.7 Å². The van der Waals surface area contributed by atoms with Crippen molar-refractivity contribution in [3.63, 3.8) is 0 Å². The Kier molecular flexibility index (Phi) is 6.56. The number of amides is 2. The van der Waals surface area contributed by atoms with Crippen LogP contribution in [0, 0.1) is 13.8 Å². The van der Waals surface area contributed by atoms with Gasteiger partial charge < -0.3 is 24.8 Å². The molecule has 9 heteroatoms. The van der Waals surface area contributed by atoms with Crippen molar-refractivity contribution >= 4 is 23.3 Å². The predicted molar refractivity (Wildman–Crippen MR) is 128 cm³/mol. The van der Waals surface area contributed by atoms with Crippen molar-refractivity contribution in [1.29, 1.82) is 0 Å². The van der Waals surface area contributed by atoms with Crippen LogP contribution in [0.3, 0.4) is 0 Å². The zero-order valence-corrected chi connectivity index (χ0v) is 19.9. The quantitative estimate of drug-likeness (QED) is 0.525. The number of carbonyl (C=O) groups excluding carboxylic acids is 2. The van der Waals surface area contributed by atoms with E-state index in [1.807, 2.05) is 44.2 Å². The number of carbonyl (C=O) groups is 2. The SMILES string of the molecule is COCc1nn2c(c1-c1ccc(OC)c(OC)c1)NC(=O)C2CC(=O)Nc1cc(C)cc(C)c1. The van der Waals surface area contributed by atoms with E-state index in [0.717, 1.165) is 16.7 Å². The van der Waals surface area contributed by atoms with E-state index in [1.54, 1.807) is 32.1 Å². The van der Waals surface area contributed by atoms with E-state index in [-0.39, 0.29) is 24.8 Å². The lowest BCUT2D eigenvalue weighted by Crippen LogP contribution is -2.24. The highest BCUT2D eigenvalue weighted by atomic mass is 16.5. The predicted octanol–water partition coefficient (Wildman–Crippen LogP) is 3.85. The first kappa shape index (κ1) is 23.3. The fraction of sp³-hybridized carbons (Fsp3) is 0.320. The second-order valence-electron chi connectivity index (χ2n) is 8.25. The maximum Gasteiger partial charge on any atom is 0.251 e. The Labute approximate surface area is 198 Å². The molecule has 0 radical (unpaired) electrons. The number of aryl methyl sites for hydroxylation is 2. The van der Waals surface area contributed by atoms with Gasteiger partial charge in [0.1, 0.15) is 11.9 Å². The lowest BCUT2D eigenvalue weighted by molar-refractivity contribution is -0.123. The van der Waals surface area contributed by atoms with Crippen LogP contribution in [-0.4, -0.2) is 42.9 Å². The van der Waals surface area contributed by atoms with Gasteiger partial charge in [-0.2, -0.15) is 5.10 Å². The average molecular weight is 465 g/mol. The summed E-state index contributed by atoms with van der Waals surface area (Å²) in [5.74, 6) is 1.11. The van der Waals surface area contributed by atoms with Crippen molar-refractivity contribution < 1.29 is 23.8 Å². The lowest BCUT2D eigenvalue weighted by atomic mass is 10.0. The molecule has 1 aliphatic rings. The molecular weight excluding hydrogens is 436 g/mol. The summed E-state index contributed by atoms with van der Waals surface area (Å²) in [7, 11) is 4.71. The van der Waals surface area contributed by atoms with Crippen LogP contribution < -0.4 is 20.1 Å². The molecule has 3 aromatic rings. The van der Waals surface area contributed by atoms with Gasteiger partial charge in [-0.15, -0.1) is 0 Å². The van der Waals surface area contributed by atoms with Gasteiger partial charge in [-0.3, -0.25) is 9.59 Å². The molecule has 2 N–H and O–H groups in total. The minimum atomic E-state index is -0.773. The van der Waals surface area contributed by atoms with Gasteiger partial charge in [0.15, 0.2) is 11.5 Å². The van der Waals surface area contributed by atoms with Crippen LogP contribution in [0.5, 0.6) is 11.5 Å². The van der Waals surface area contributed by atoms with Crippen LogP contribution in [0.15, 0.2) is 36.4 Å². The molecule has 2 heterocycles. The topological polar surface area (TPSA) is 104 Å². The fourth-order valence-electron chi connectivity index (χ4n) is 4.28. The minimum absolute atomic E-state index is 0.0503. The third-order valence-electron chi connectivity index (χ3n) is 5.66. The number of methoxy groups -OCH3 is 3. The standard InChI is InChI=1S/C25H28N4O5/c1-14-8-15(2)10-17(9-14)26-22(30)12-19-25(31)27-24-23(18(13-32-3)28-29(19)24)16-6-7-20(33-4)21(11-16)34-5/h6-11,19H,12-13H2,1-5H3,(H,26,30)(H,27,31). The highest BCUT2D eigenvalue weighted by molar-refractivity contribution is 6.04. The first-order chi connectivity index (χ1) is 16.3. The number of ether oxygens (including phenoxy) is 3. The van der Waals surface area contributed by atoms with Gasteiger partial charge in [0.2, 0.25) is 5.91 Å². The van der Waals surface area contributed by atoms with E-state index in [0.29, 0.717) is 34.3 Å². The van der Waals surface area contributed by atoms with Crippen LogP contribution >= 0.6 is 0 Å². The van der Waals surface area contributed by atoms with Crippen LogP contribution in [0.1, 0.15) is 29.3 Å². The van der Waals surface area contributed by atoms with Gasteiger partial charge in [-0.05, 0) is 54.8 Å². The number of nitrogens with one attached hydrogen (secondary N) is 2. The molecule has 9 nitrogen and oxygen atoms in total. The van der Waals surface area contributed by atoms with Crippen molar-refractivity contribution in [2.24, 2.45) is 0 Å². The Morgan fingerprint density at radius 1 is 1.06 bits per heavy atom. The summed E-state index contributed by atoms with van der Waals surface area (Å²) >= 11 is 0. The van der Waals surface area contributed by atoms with Crippen molar-refractivity contribution in [3.05, 3.63) is 53.2 Å². The lowest BCUT2D eigenvalue weighted by Gasteiger charge is -2.11. The summed E-state index contributed by atoms with van der Waals surface area (Å²) in [5, 5.41) is 10.4. The van der Waals surface area contributed by atoms with E-state index in [1.165, 1.54) is 0 Å². The van der Waals surface area contributed by atoms with Crippen LogP contribution in [0.4, 0.5) is 11.5 Å². The molecule has 0 saturated heterocycles. The average Bonchev–Trinajstić information content (AvgIpc) is 3.27. The Morgan fingerprint density at radius 2 is 1.76 bits per heavy atom. The molecule has 0 bridgehead atoms. The Balaban J connectivity index is 1.65. The van der Waals surface area contributed by atoms with Crippen molar-refractivity contribution in [2.45, 2.75) is 32.9 Å². The summed E-state index contributed by atoms with van der Waals surface area (Å²) in [6.07, 6.45) is -0.0503. The summed E-state index contributed by atoms with van der Waals surface area (Å²) in [6.45, 7) is 4.17. The largest absolute Gasteiger partial charge is 0.493 e. The number of nitrogens with zero attached hydrogens (tertiary/aromatic N) is 2. The second kappa shape index (κ2) is 9.56. The van der Waals surface area contributed by atoms with Gasteiger partial charge in [0.25, 0.3) is 5.91 Å². The molecule has 2 amide bonds. The number of benzene rings is 2. The Hall–Kier alpha value is -3.85. The van der Waals surface area contributed by atoms with Gasteiger partial charge in [0.05, 0.1) is 38.5 Å². The van der Waals surface area contributed by atoms with Gasteiger partial charge in [0, 0.05) is 12.8 Å². The number of hydrogen-bond acceptors (Lipinski definition) is 6. The maximum absolute atomic E-state index is 12.8. The van der Waals surface area contributed by atoms with Crippen molar-refractivity contribution in [3.8, 4) is 22.6 Å². The highest BCUT2D eigenvalue weighted by Crippen LogP contribution is 2.41. The third kappa shape index (κ3) is 4.47. The van der Waals surface area contributed by atoms with Crippen LogP contribution in [-0.2, 0) is 20.9 Å². The van der Waals surface area contributed by atoms with Gasteiger partial charge in [-0.1, -0.05) is 12.1 Å². The molecule has 0 saturated carbocycles. The van der Waals surface area contributed by atoms with E-state index >= 15 is 0 Å². The summed E-state index contributed by atoms with van der Waals surface area (Å²) < 4.78 is 17.7. The summed E-state index contributed by atoms with van der Waals surface area (Å²) in [5.41, 5.74) is 4.94. The number of aromatic nitrogens is 2. The Morgan fingerprint density at radius 3 is 2.41 bits per heavy atom. The molecule has 34 heavy (non-hydrogen) atoms. The molecule has 1 aromatic heterocycles. The second-order valence-corrected chi connectivity index (χ2v) is 8.25. The van der Waals surface area contributed by atoms with Crippen LogP contribution in [0.2, 0.25) is 0 Å². The molecule has 2 aromatic carbocycles. The first-order valence-corrected chi connectivity index (χ1v) is 10.9. The van der Waals surface area contributed by atoms with Crippen LogP contribution in [0.25, 0.3) is 11.1 Å². The summed E-state index contributed by atoms with van der Waals surface area (Å²) in [6, 6.07) is 10.5. The van der Waals surface area contributed by atoms with Crippen molar-refractivity contribution in [1.82, 2.24) is 9.78 Å². The van der Waals surface area contributed by atoms with E-state index in [4.69, 9.17) is 14.2 Å². The van der Waals surface area contributed by atoms with Gasteiger partial charge >= 0.3 is 0 Å². The molecule has 4 rings (SSSR count). The number of fused-ring (bicyclic) bond motifs is 1. The summed E-state index contributed by atoms with van der Waals surface area (Å²) in [4.78, 5) is 25.6. The smallest absolute Gasteiger partial charge is 0.251 e. The number of hydrogen-bond donors (Lipinski definition) is 2. The molecular formula is C25H28N4O5.